The number of hydrogen-bond acceptors (Lipinski definition) is 4. The van der Waals surface area contributed by atoms with Crippen molar-refractivity contribution in [3.8, 4) is 0 Å². The number of aryl methyl sites for hydroxylation is 1. The van der Waals surface area contributed by atoms with Crippen LogP contribution in [-0.4, -0.2) is 26.3 Å². The Balaban J connectivity index is 1.56. The van der Waals surface area contributed by atoms with Gasteiger partial charge in [0.2, 0.25) is 5.91 Å². The van der Waals surface area contributed by atoms with Gasteiger partial charge in [-0.1, -0.05) is 30.0 Å². The van der Waals surface area contributed by atoms with E-state index in [9.17, 15) is 13.6 Å². The summed E-state index contributed by atoms with van der Waals surface area (Å²) in [5.74, 6) is -2.26. The standard InChI is InChI=1S/C19H14F2N4OS/c1-11-8-17-23-24-19(25(17)16-5-3-2-4-13(11)16)27-10-18(26)22-12-6-7-14(20)15(21)9-12/h2-9H,10H2,1H3,(H,22,26). The van der Waals surface area contributed by atoms with Crippen LogP contribution in [0.5, 0.6) is 0 Å². The van der Waals surface area contributed by atoms with E-state index in [1.54, 1.807) is 0 Å². The number of carbonyl (C=O) groups is 1. The number of halogens is 2. The second kappa shape index (κ2) is 6.96. The summed E-state index contributed by atoms with van der Waals surface area (Å²) in [5.41, 5.74) is 2.96. The fourth-order valence-corrected chi connectivity index (χ4v) is 3.62. The maximum Gasteiger partial charge on any atom is 0.234 e. The van der Waals surface area contributed by atoms with Crippen molar-refractivity contribution >= 4 is 39.9 Å². The first kappa shape index (κ1) is 17.4. The van der Waals surface area contributed by atoms with Crippen LogP contribution < -0.4 is 5.32 Å². The van der Waals surface area contributed by atoms with E-state index >= 15 is 0 Å². The molecule has 5 nitrogen and oxygen atoms in total. The van der Waals surface area contributed by atoms with Gasteiger partial charge in [-0.15, -0.1) is 10.2 Å². The van der Waals surface area contributed by atoms with Gasteiger partial charge >= 0.3 is 0 Å². The Morgan fingerprint density at radius 2 is 1.93 bits per heavy atom. The number of nitrogens with one attached hydrogen (secondary N) is 1. The maximum atomic E-state index is 13.2. The second-order valence-corrected chi connectivity index (χ2v) is 6.93. The zero-order chi connectivity index (χ0) is 19.0. The molecule has 1 N–H and O–H groups in total. The predicted molar refractivity (Wildman–Crippen MR) is 101 cm³/mol. The lowest BCUT2D eigenvalue weighted by Gasteiger charge is -2.08. The molecule has 0 fully saturated rings. The Labute approximate surface area is 157 Å². The normalized spacial score (nSPS) is 11.2. The van der Waals surface area contributed by atoms with E-state index in [0.29, 0.717) is 10.8 Å². The minimum atomic E-state index is -1.01. The molecule has 136 valence electrons. The molecule has 0 radical (unpaired) electrons. The van der Waals surface area contributed by atoms with Crippen LogP contribution in [0.3, 0.4) is 0 Å². The van der Waals surface area contributed by atoms with Crippen molar-refractivity contribution in [1.29, 1.82) is 0 Å². The van der Waals surface area contributed by atoms with Crippen LogP contribution in [0, 0.1) is 18.6 Å². The van der Waals surface area contributed by atoms with Crippen molar-refractivity contribution < 1.29 is 13.6 Å². The molecule has 8 heteroatoms. The van der Waals surface area contributed by atoms with Crippen molar-refractivity contribution in [2.45, 2.75) is 12.1 Å². The van der Waals surface area contributed by atoms with Crippen LogP contribution in [0.25, 0.3) is 16.6 Å². The van der Waals surface area contributed by atoms with Crippen molar-refractivity contribution in [3.05, 3.63) is 65.7 Å². The fraction of sp³-hybridized carbons (Fsp3) is 0.105. The summed E-state index contributed by atoms with van der Waals surface area (Å²) in [6.45, 7) is 2.01. The highest BCUT2D eigenvalue weighted by molar-refractivity contribution is 7.99. The Bertz CT molecular complexity index is 1180. The summed E-state index contributed by atoms with van der Waals surface area (Å²) < 4.78 is 28.1. The molecule has 4 rings (SSSR count). The number of anilines is 1. The molecule has 0 unspecified atom stereocenters. The van der Waals surface area contributed by atoms with Crippen LogP contribution in [0.4, 0.5) is 14.5 Å². The van der Waals surface area contributed by atoms with Crippen molar-refractivity contribution in [2.75, 3.05) is 11.1 Å². The Hall–Kier alpha value is -3.00. The van der Waals surface area contributed by atoms with Crippen LogP contribution in [0.2, 0.25) is 0 Å². The molecule has 0 bridgehead atoms. The van der Waals surface area contributed by atoms with Crippen molar-refractivity contribution in [3.63, 3.8) is 0 Å². The van der Waals surface area contributed by atoms with E-state index in [1.807, 2.05) is 41.7 Å². The number of thioether (sulfide) groups is 1. The third-order valence-corrected chi connectivity index (χ3v) is 5.04. The van der Waals surface area contributed by atoms with Gasteiger partial charge in [-0.25, -0.2) is 8.78 Å². The average Bonchev–Trinajstić information content (AvgIpc) is 3.06. The number of amides is 1. The lowest BCUT2D eigenvalue weighted by molar-refractivity contribution is -0.113. The molecule has 0 aliphatic heterocycles. The summed E-state index contributed by atoms with van der Waals surface area (Å²) >= 11 is 1.22. The van der Waals surface area contributed by atoms with Gasteiger partial charge in [0.15, 0.2) is 22.4 Å². The van der Waals surface area contributed by atoms with E-state index in [0.717, 1.165) is 28.6 Å². The zero-order valence-electron chi connectivity index (χ0n) is 14.2. The van der Waals surface area contributed by atoms with Gasteiger partial charge in [0.05, 0.1) is 11.3 Å². The number of aromatic nitrogens is 3. The van der Waals surface area contributed by atoms with Crippen LogP contribution in [0.15, 0.2) is 53.7 Å². The van der Waals surface area contributed by atoms with E-state index in [-0.39, 0.29) is 17.3 Å². The van der Waals surface area contributed by atoms with Gasteiger partial charge in [-0.2, -0.15) is 0 Å². The molecule has 27 heavy (non-hydrogen) atoms. The van der Waals surface area contributed by atoms with E-state index in [1.165, 1.54) is 17.8 Å². The van der Waals surface area contributed by atoms with Crippen molar-refractivity contribution in [2.24, 2.45) is 0 Å². The SMILES string of the molecule is Cc1cc2nnc(SCC(=O)Nc3ccc(F)c(F)c3)n2c2ccccc12. The minimum absolute atomic E-state index is 0.0575. The first-order chi connectivity index (χ1) is 13.0. The summed E-state index contributed by atoms with van der Waals surface area (Å²) in [5, 5.41) is 12.6. The van der Waals surface area contributed by atoms with Crippen molar-refractivity contribution in [1.82, 2.24) is 14.6 Å². The van der Waals surface area contributed by atoms with Gasteiger partial charge < -0.3 is 5.32 Å². The molecule has 0 aliphatic rings. The number of rotatable bonds is 4. The highest BCUT2D eigenvalue weighted by atomic mass is 32.2. The number of nitrogens with zero attached hydrogens (tertiary/aromatic N) is 3. The van der Waals surface area contributed by atoms with Crippen LogP contribution >= 0.6 is 11.8 Å². The number of fused-ring (bicyclic) bond motifs is 3. The zero-order valence-corrected chi connectivity index (χ0v) is 15.1. The lowest BCUT2D eigenvalue weighted by atomic mass is 10.1. The molecule has 0 atom stereocenters. The number of benzene rings is 2. The molecule has 2 aromatic heterocycles. The monoisotopic (exact) mass is 384 g/mol. The van der Waals surface area contributed by atoms with Gasteiger partial charge in [-0.05, 0) is 36.8 Å². The predicted octanol–water partition coefficient (Wildman–Crippen LogP) is 4.20. The number of hydrogen-bond donors (Lipinski definition) is 1. The first-order valence-corrected chi connectivity index (χ1v) is 9.12. The number of para-hydroxylation sites is 1. The molecular formula is C19H14F2N4OS. The Morgan fingerprint density at radius 1 is 1.11 bits per heavy atom. The van der Waals surface area contributed by atoms with Gasteiger partial charge in [0.25, 0.3) is 0 Å². The molecule has 2 heterocycles. The molecule has 0 spiro atoms. The molecule has 0 saturated heterocycles. The molecule has 0 aliphatic carbocycles. The first-order valence-electron chi connectivity index (χ1n) is 8.14. The lowest BCUT2D eigenvalue weighted by Crippen LogP contribution is -2.14. The van der Waals surface area contributed by atoms with Gasteiger partial charge in [-0.3, -0.25) is 9.20 Å². The average molecular weight is 384 g/mol. The molecule has 0 saturated carbocycles. The second-order valence-electron chi connectivity index (χ2n) is 5.99. The Kier molecular flexibility index (Phi) is 4.49. The molecule has 4 aromatic rings. The minimum Gasteiger partial charge on any atom is -0.325 e. The van der Waals surface area contributed by atoms with E-state index in [4.69, 9.17) is 0 Å². The summed E-state index contributed by atoms with van der Waals surface area (Å²) in [4.78, 5) is 12.2. The largest absolute Gasteiger partial charge is 0.325 e. The Morgan fingerprint density at radius 3 is 2.74 bits per heavy atom. The van der Waals surface area contributed by atoms with Gasteiger partial charge in [0.1, 0.15) is 0 Å². The molecule has 2 aromatic carbocycles. The smallest absolute Gasteiger partial charge is 0.234 e. The topological polar surface area (TPSA) is 59.3 Å². The quantitative estimate of drug-likeness (QED) is 0.536. The highest BCUT2D eigenvalue weighted by Gasteiger charge is 2.13. The number of pyridine rings is 1. The van der Waals surface area contributed by atoms with E-state index in [2.05, 4.69) is 15.5 Å². The number of carbonyl (C=O) groups excluding carboxylic acids is 1. The highest BCUT2D eigenvalue weighted by Crippen LogP contribution is 2.25. The van der Waals surface area contributed by atoms with E-state index < -0.39 is 11.6 Å². The third-order valence-electron chi connectivity index (χ3n) is 4.11. The molecular weight excluding hydrogens is 370 g/mol. The summed E-state index contributed by atoms with van der Waals surface area (Å²) in [7, 11) is 0. The summed E-state index contributed by atoms with van der Waals surface area (Å²) in [6, 6.07) is 13.1. The maximum absolute atomic E-state index is 13.2. The van der Waals surface area contributed by atoms with Crippen LogP contribution in [0.1, 0.15) is 5.56 Å². The summed E-state index contributed by atoms with van der Waals surface area (Å²) in [6.07, 6.45) is 0. The van der Waals surface area contributed by atoms with Crippen LogP contribution in [-0.2, 0) is 4.79 Å². The van der Waals surface area contributed by atoms with Gasteiger partial charge in [0, 0.05) is 17.1 Å². The molecule has 1 amide bonds. The fourth-order valence-electron chi connectivity index (χ4n) is 2.87. The third kappa shape index (κ3) is 3.35.